The second kappa shape index (κ2) is 9.43. The third-order valence-electron chi connectivity index (χ3n) is 6.58. The van der Waals surface area contributed by atoms with Gasteiger partial charge in [-0.25, -0.2) is 0 Å². The highest BCUT2D eigenvalue weighted by atomic mass is 35.5. The highest BCUT2D eigenvalue weighted by Crippen LogP contribution is 2.35. The van der Waals surface area contributed by atoms with Crippen LogP contribution in [0.5, 0.6) is 0 Å². The lowest BCUT2D eigenvalue weighted by atomic mass is 9.78. The second-order valence-corrected chi connectivity index (χ2v) is 9.26. The van der Waals surface area contributed by atoms with E-state index >= 15 is 0 Å². The molecule has 1 aliphatic carbocycles. The molecule has 2 fully saturated rings. The van der Waals surface area contributed by atoms with Gasteiger partial charge in [0.15, 0.2) is 0 Å². The fraction of sp³-hybridized carbons (Fsp3) is 0.696. The highest BCUT2D eigenvalue weighted by Gasteiger charge is 2.39. The summed E-state index contributed by atoms with van der Waals surface area (Å²) in [5.74, 6) is 0.294. The van der Waals surface area contributed by atoms with Crippen LogP contribution < -0.4 is 5.32 Å². The van der Waals surface area contributed by atoms with Gasteiger partial charge in [0.2, 0.25) is 5.91 Å². The van der Waals surface area contributed by atoms with Crippen LogP contribution in [0, 0.1) is 5.92 Å². The average Bonchev–Trinajstić information content (AvgIpc) is 2.69. The van der Waals surface area contributed by atoms with Gasteiger partial charge in [0.25, 0.3) is 0 Å². The van der Waals surface area contributed by atoms with E-state index < -0.39 is 0 Å². The molecule has 0 unspecified atom stereocenters. The monoisotopic (exact) mass is 390 g/mol. The Morgan fingerprint density at radius 1 is 1.04 bits per heavy atom. The third-order valence-corrected chi connectivity index (χ3v) is 6.83. The standard InChI is InChI=1S/C23H35ClN2O/c1-18(2)21(19-9-11-20(24)12-10-19)22(27)25-17-23(13-5-3-6-14-23)26-15-7-4-8-16-26/h9-12,18,21H,3-8,13-17H2,1-2H3,(H,25,27)/t21-/m0/s1. The van der Waals surface area contributed by atoms with Crippen molar-refractivity contribution >= 4 is 17.5 Å². The van der Waals surface area contributed by atoms with Crippen LogP contribution in [0.3, 0.4) is 0 Å². The molecule has 1 aromatic carbocycles. The number of carbonyl (C=O) groups excluding carboxylic acids is 1. The Morgan fingerprint density at radius 2 is 1.63 bits per heavy atom. The van der Waals surface area contributed by atoms with E-state index in [2.05, 4.69) is 24.1 Å². The molecular formula is C23H35ClN2O. The van der Waals surface area contributed by atoms with Gasteiger partial charge in [-0.3, -0.25) is 9.69 Å². The molecular weight excluding hydrogens is 356 g/mol. The summed E-state index contributed by atoms with van der Waals surface area (Å²) in [4.78, 5) is 15.9. The first-order chi connectivity index (χ1) is 13.0. The van der Waals surface area contributed by atoms with E-state index in [1.807, 2.05) is 24.3 Å². The number of nitrogens with zero attached hydrogens (tertiary/aromatic N) is 1. The van der Waals surface area contributed by atoms with Crippen LogP contribution in [0.1, 0.15) is 76.7 Å². The van der Waals surface area contributed by atoms with E-state index in [0.717, 1.165) is 12.1 Å². The molecule has 2 aliphatic rings. The van der Waals surface area contributed by atoms with Gasteiger partial charge in [-0.15, -0.1) is 0 Å². The summed E-state index contributed by atoms with van der Waals surface area (Å²) >= 11 is 6.04. The molecule has 3 nitrogen and oxygen atoms in total. The molecule has 0 spiro atoms. The van der Waals surface area contributed by atoms with Crippen molar-refractivity contribution in [1.82, 2.24) is 10.2 Å². The van der Waals surface area contributed by atoms with Gasteiger partial charge in [0.1, 0.15) is 0 Å². The zero-order valence-corrected chi connectivity index (χ0v) is 17.7. The molecule has 1 N–H and O–H groups in total. The molecule has 27 heavy (non-hydrogen) atoms. The molecule has 0 radical (unpaired) electrons. The van der Waals surface area contributed by atoms with Gasteiger partial charge in [0, 0.05) is 17.1 Å². The summed E-state index contributed by atoms with van der Waals surface area (Å²) < 4.78 is 0. The Kier molecular flexibility index (Phi) is 7.22. The Balaban J connectivity index is 1.71. The number of amides is 1. The number of hydrogen-bond donors (Lipinski definition) is 1. The number of carbonyl (C=O) groups is 1. The first-order valence-corrected chi connectivity index (χ1v) is 11.2. The summed E-state index contributed by atoms with van der Waals surface area (Å²) in [6.07, 6.45) is 10.3. The van der Waals surface area contributed by atoms with Crippen molar-refractivity contribution in [2.24, 2.45) is 5.92 Å². The minimum Gasteiger partial charge on any atom is -0.354 e. The molecule has 1 aromatic rings. The summed E-state index contributed by atoms with van der Waals surface area (Å²) in [6.45, 7) is 7.43. The molecule has 1 amide bonds. The number of benzene rings is 1. The molecule has 1 atom stereocenters. The maximum absolute atomic E-state index is 13.2. The normalized spacial score (nSPS) is 21.8. The largest absolute Gasteiger partial charge is 0.354 e. The molecule has 1 heterocycles. The predicted molar refractivity (Wildman–Crippen MR) is 113 cm³/mol. The van der Waals surface area contributed by atoms with Crippen LogP contribution >= 0.6 is 11.6 Å². The van der Waals surface area contributed by atoms with E-state index in [1.54, 1.807) is 0 Å². The summed E-state index contributed by atoms with van der Waals surface area (Å²) in [5, 5.41) is 4.09. The fourth-order valence-electron chi connectivity index (χ4n) is 5.05. The van der Waals surface area contributed by atoms with Crippen molar-refractivity contribution < 1.29 is 4.79 Å². The van der Waals surface area contributed by atoms with E-state index in [0.29, 0.717) is 5.02 Å². The number of rotatable bonds is 6. The third kappa shape index (κ3) is 5.06. The number of nitrogens with one attached hydrogen (secondary N) is 1. The Hall–Kier alpha value is -1.06. The molecule has 0 aromatic heterocycles. The Bertz CT molecular complexity index is 601. The van der Waals surface area contributed by atoms with E-state index in [-0.39, 0.29) is 23.3 Å². The first kappa shape index (κ1) is 20.7. The first-order valence-electron chi connectivity index (χ1n) is 10.8. The molecule has 150 valence electrons. The van der Waals surface area contributed by atoms with Gasteiger partial charge < -0.3 is 5.32 Å². The average molecular weight is 391 g/mol. The van der Waals surface area contributed by atoms with Gasteiger partial charge in [-0.05, 0) is 62.4 Å². The number of likely N-dealkylation sites (tertiary alicyclic amines) is 1. The van der Waals surface area contributed by atoms with Gasteiger partial charge in [0.05, 0.1) is 5.92 Å². The molecule has 1 saturated heterocycles. The predicted octanol–water partition coefficient (Wildman–Crippen LogP) is 5.38. The van der Waals surface area contributed by atoms with Crippen LogP contribution in [0.15, 0.2) is 24.3 Å². The van der Waals surface area contributed by atoms with E-state index in [4.69, 9.17) is 11.6 Å². The molecule has 0 bridgehead atoms. The smallest absolute Gasteiger partial charge is 0.227 e. The van der Waals surface area contributed by atoms with Gasteiger partial charge >= 0.3 is 0 Å². The van der Waals surface area contributed by atoms with Crippen LogP contribution in [-0.4, -0.2) is 36.0 Å². The quantitative estimate of drug-likeness (QED) is 0.706. The second-order valence-electron chi connectivity index (χ2n) is 8.82. The fourth-order valence-corrected chi connectivity index (χ4v) is 5.18. The lowest BCUT2D eigenvalue weighted by Crippen LogP contribution is -2.58. The molecule has 4 heteroatoms. The number of piperidine rings is 1. The maximum atomic E-state index is 13.2. The Labute approximate surface area is 169 Å². The van der Waals surface area contributed by atoms with Crippen LogP contribution in [-0.2, 0) is 4.79 Å². The SMILES string of the molecule is CC(C)[C@H](C(=O)NCC1(N2CCCCC2)CCCCC1)c1ccc(Cl)cc1. The van der Waals surface area contributed by atoms with Crippen LogP contribution in [0.25, 0.3) is 0 Å². The summed E-state index contributed by atoms with van der Waals surface area (Å²) in [5.41, 5.74) is 1.23. The van der Waals surface area contributed by atoms with E-state index in [9.17, 15) is 4.79 Å². The van der Waals surface area contributed by atoms with Gasteiger partial charge in [-0.2, -0.15) is 0 Å². The van der Waals surface area contributed by atoms with Crippen molar-refractivity contribution in [3.63, 3.8) is 0 Å². The molecule has 1 saturated carbocycles. The minimum absolute atomic E-state index is 0.121. The molecule has 1 aliphatic heterocycles. The van der Waals surface area contributed by atoms with Crippen molar-refractivity contribution in [3.8, 4) is 0 Å². The topological polar surface area (TPSA) is 32.3 Å². The highest BCUT2D eigenvalue weighted by molar-refractivity contribution is 6.30. The van der Waals surface area contributed by atoms with Crippen LogP contribution in [0.4, 0.5) is 0 Å². The van der Waals surface area contributed by atoms with Crippen molar-refractivity contribution in [2.45, 2.75) is 76.7 Å². The molecule has 3 rings (SSSR count). The number of hydrogen-bond acceptors (Lipinski definition) is 2. The van der Waals surface area contributed by atoms with Crippen molar-refractivity contribution in [3.05, 3.63) is 34.9 Å². The number of halogens is 1. The zero-order valence-electron chi connectivity index (χ0n) is 17.0. The Morgan fingerprint density at radius 3 is 2.22 bits per heavy atom. The lowest BCUT2D eigenvalue weighted by Gasteiger charge is -2.48. The van der Waals surface area contributed by atoms with Crippen LogP contribution in [0.2, 0.25) is 5.02 Å². The summed E-state index contributed by atoms with van der Waals surface area (Å²) in [6, 6.07) is 7.76. The zero-order chi connectivity index (χ0) is 19.3. The summed E-state index contributed by atoms with van der Waals surface area (Å²) in [7, 11) is 0. The van der Waals surface area contributed by atoms with Crippen molar-refractivity contribution in [2.75, 3.05) is 19.6 Å². The maximum Gasteiger partial charge on any atom is 0.227 e. The van der Waals surface area contributed by atoms with E-state index in [1.165, 1.54) is 64.5 Å². The lowest BCUT2D eigenvalue weighted by molar-refractivity contribution is -0.124. The van der Waals surface area contributed by atoms with Gasteiger partial charge in [-0.1, -0.05) is 63.3 Å². The van der Waals surface area contributed by atoms with Crippen molar-refractivity contribution in [1.29, 1.82) is 0 Å². The minimum atomic E-state index is -0.121.